The van der Waals surface area contributed by atoms with Crippen LogP contribution in [0, 0.1) is 11.6 Å². The average Bonchev–Trinajstić information content (AvgIpc) is 2.43. The van der Waals surface area contributed by atoms with Crippen molar-refractivity contribution in [3.05, 3.63) is 23.8 Å². The number of aliphatic imine (C=N–C) groups is 2. The maximum Gasteiger partial charge on any atom is 0.223 e. The first kappa shape index (κ1) is 16.0. The number of hydrogen-bond donors (Lipinski definition) is 3. The monoisotopic (exact) mass is 313 g/mol. The van der Waals surface area contributed by atoms with E-state index in [1.807, 2.05) is 0 Å². The first-order chi connectivity index (χ1) is 10.5. The molecule has 0 atom stereocenters. The van der Waals surface area contributed by atoms with Crippen molar-refractivity contribution in [2.24, 2.45) is 27.2 Å². The van der Waals surface area contributed by atoms with E-state index in [2.05, 4.69) is 9.98 Å². The summed E-state index contributed by atoms with van der Waals surface area (Å²) in [7, 11) is 0. The zero-order chi connectivity index (χ0) is 16.1. The minimum atomic E-state index is -0.872. The summed E-state index contributed by atoms with van der Waals surface area (Å²) in [5, 5.41) is 0. The van der Waals surface area contributed by atoms with E-state index in [4.69, 9.17) is 26.7 Å². The first-order valence-electron chi connectivity index (χ1n) is 6.63. The minimum Gasteiger partial charge on any atom is -0.484 e. The Bertz CT molecular complexity index is 573. The molecule has 120 valence electrons. The SMILES string of the molecule is NC(N)=NC(N)=Nc1cc(F)c(OC2CCOCC2)c(F)c1. The fourth-order valence-corrected chi connectivity index (χ4v) is 1.97. The molecular weight excluding hydrogens is 296 g/mol. The molecule has 0 aromatic heterocycles. The molecule has 1 aromatic rings. The molecule has 1 saturated heterocycles. The van der Waals surface area contributed by atoms with Crippen molar-refractivity contribution in [3.63, 3.8) is 0 Å². The number of benzene rings is 1. The van der Waals surface area contributed by atoms with Crippen molar-refractivity contribution in [2.75, 3.05) is 13.2 Å². The number of halogens is 2. The normalized spacial score (nSPS) is 16.4. The molecule has 1 aliphatic heterocycles. The van der Waals surface area contributed by atoms with Gasteiger partial charge in [-0.15, -0.1) is 0 Å². The standard InChI is InChI=1S/C13H17F2N5O2/c14-9-5-7(19-13(18)20-12(16)17)6-10(15)11(9)22-8-1-3-21-4-2-8/h5-6,8H,1-4H2,(H6,16,17,18,19,20). The van der Waals surface area contributed by atoms with Gasteiger partial charge in [0.15, 0.2) is 23.3 Å². The van der Waals surface area contributed by atoms with E-state index in [0.29, 0.717) is 26.1 Å². The smallest absolute Gasteiger partial charge is 0.223 e. The number of rotatable bonds is 3. The number of nitrogens with zero attached hydrogens (tertiary/aromatic N) is 2. The van der Waals surface area contributed by atoms with Crippen molar-refractivity contribution in [2.45, 2.75) is 18.9 Å². The van der Waals surface area contributed by atoms with Crippen LogP contribution in [0.4, 0.5) is 14.5 Å². The summed E-state index contributed by atoms with van der Waals surface area (Å²) in [5.41, 5.74) is 15.6. The van der Waals surface area contributed by atoms with Crippen molar-refractivity contribution < 1.29 is 18.3 Å². The molecule has 0 spiro atoms. The molecular formula is C13H17F2N5O2. The molecule has 0 unspecified atom stereocenters. The molecule has 22 heavy (non-hydrogen) atoms. The molecule has 1 aliphatic rings. The predicted molar refractivity (Wildman–Crippen MR) is 77.9 cm³/mol. The second-order valence-electron chi connectivity index (χ2n) is 4.67. The van der Waals surface area contributed by atoms with Crippen LogP contribution in [0.2, 0.25) is 0 Å². The topological polar surface area (TPSA) is 121 Å². The van der Waals surface area contributed by atoms with Gasteiger partial charge in [0.25, 0.3) is 0 Å². The molecule has 0 saturated carbocycles. The highest BCUT2D eigenvalue weighted by Gasteiger charge is 2.20. The highest BCUT2D eigenvalue weighted by molar-refractivity contribution is 5.93. The summed E-state index contributed by atoms with van der Waals surface area (Å²) >= 11 is 0. The fraction of sp³-hybridized carbons (Fsp3) is 0.385. The Labute approximate surface area is 125 Å². The summed E-state index contributed by atoms with van der Waals surface area (Å²) in [5.74, 6) is -2.80. The zero-order valence-electron chi connectivity index (χ0n) is 11.8. The molecule has 6 N–H and O–H groups in total. The Balaban J connectivity index is 2.19. The van der Waals surface area contributed by atoms with E-state index in [0.717, 1.165) is 12.1 Å². The van der Waals surface area contributed by atoms with Crippen LogP contribution < -0.4 is 21.9 Å². The van der Waals surface area contributed by atoms with Crippen molar-refractivity contribution in [1.82, 2.24) is 0 Å². The van der Waals surface area contributed by atoms with Gasteiger partial charge in [-0.25, -0.2) is 13.8 Å². The molecule has 1 fully saturated rings. The largest absolute Gasteiger partial charge is 0.484 e. The molecule has 0 bridgehead atoms. The van der Waals surface area contributed by atoms with Crippen LogP contribution in [0.15, 0.2) is 22.1 Å². The van der Waals surface area contributed by atoms with Gasteiger partial charge in [-0.2, -0.15) is 4.99 Å². The Morgan fingerprint density at radius 2 is 1.73 bits per heavy atom. The van der Waals surface area contributed by atoms with Gasteiger partial charge in [-0.05, 0) is 0 Å². The van der Waals surface area contributed by atoms with E-state index in [9.17, 15) is 8.78 Å². The van der Waals surface area contributed by atoms with Crippen LogP contribution in [-0.2, 0) is 4.74 Å². The molecule has 9 heteroatoms. The first-order valence-corrected chi connectivity index (χ1v) is 6.63. The van der Waals surface area contributed by atoms with Crippen molar-refractivity contribution in [1.29, 1.82) is 0 Å². The third kappa shape index (κ3) is 4.29. The third-order valence-corrected chi connectivity index (χ3v) is 2.92. The number of guanidine groups is 2. The van der Waals surface area contributed by atoms with Crippen LogP contribution in [0.1, 0.15) is 12.8 Å². The van der Waals surface area contributed by atoms with Gasteiger partial charge in [-0.3, -0.25) is 0 Å². The molecule has 0 radical (unpaired) electrons. The Kier molecular flexibility index (Phi) is 5.10. The van der Waals surface area contributed by atoms with E-state index >= 15 is 0 Å². The fourth-order valence-electron chi connectivity index (χ4n) is 1.97. The average molecular weight is 313 g/mol. The van der Waals surface area contributed by atoms with Gasteiger partial charge in [-0.1, -0.05) is 0 Å². The predicted octanol–water partition coefficient (Wildman–Crippen LogP) is 0.742. The maximum atomic E-state index is 14.0. The van der Waals surface area contributed by atoms with Gasteiger partial charge in [0.1, 0.15) is 6.10 Å². The van der Waals surface area contributed by atoms with Crippen LogP contribution in [0.3, 0.4) is 0 Å². The zero-order valence-corrected chi connectivity index (χ0v) is 11.8. The van der Waals surface area contributed by atoms with Crippen LogP contribution >= 0.6 is 0 Å². The Hall–Kier alpha value is -2.42. The summed E-state index contributed by atoms with van der Waals surface area (Å²) in [6, 6.07) is 1.99. The van der Waals surface area contributed by atoms with Crippen molar-refractivity contribution >= 4 is 17.6 Å². The summed E-state index contributed by atoms with van der Waals surface area (Å²) in [6.45, 7) is 1.01. The van der Waals surface area contributed by atoms with Gasteiger partial charge in [0.05, 0.1) is 18.9 Å². The highest BCUT2D eigenvalue weighted by atomic mass is 19.1. The number of hydrogen-bond acceptors (Lipinski definition) is 3. The lowest BCUT2D eigenvalue weighted by Gasteiger charge is -2.23. The van der Waals surface area contributed by atoms with E-state index < -0.39 is 17.4 Å². The number of ether oxygens (including phenoxy) is 2. The minimum absolute atomic E-state index is 0.0585. The van der Waals surface area contributed by atoms with Gasteiger partial charge in [0.2, 0.25) is 5.96 Å². The molecule has 1 heterocycles. The van der Waals surface area contributed by atoms with Crippen LogP contribution in [0.25, 0.3) is 0 Å². The van der Waals surface area contributed by atoms with Gasteiger partial charge < -0.3 is 26.7 Å². The second kappa shape index (κ2) is 7.03. The summed E-state index contributed by atoms with van der Waals surface area (Å²) in [4.78, 5) is 7.16. The number of nitrogens with two attached hydrogens (primary N) is 3. The van der Waals surface area contributed by atoms with Crippen LogP contribution in [-0.4, -0.2) is 31.2 Å². The van der Waals surface area contributed by atoms with Gasteiger partial charge >= 0.3 is 0 Å². The van der Waals surface area contributed by atoms with E-state index in [1.165, 1.54) is 0 Å². The van der Waals surface area contributed by atoms with E-state index in [-0.39, 0.29) is 23.7 Å². The lowest BCUT2D eigenvalue weighted by Crippen LogP contribution is -2.26. The quantitative estimate of drug-likeness (QED) is 0.561. The molecule has 0 aliphatic carbocycles. The highest BCUT2D eigenvalue weighted by Crippen LogP contribution is 2.29. The Morgan fingerprint density at radius 1 is 1.14 bits per heavy atom. The summed E-state index contributed by atoms with van der Waals surface area (Å²) in [6.07, 6.45) is 0.880. The van der Waals surface area contributed by atoms with Crippen LogP contribution in [0.5, 0.6) is 5.75 Å². The molecule has 2 rings (SSSR count). The lowest BCUT2D eigenvalue weighted by atomic mass is 10.1. The van der Waals surface area contributed by atoms with E-state index in [1.54, 1.807) is 0 Å². The maximum absolute atomic E-state index is 14.0. The second-order valence-corrected chi connectivity index (χ2v) is 4.67. The van der Waals surface area contributed by atoms with Gasteiger partial charge in [0, 0.05) is 25.0 Å². The molecule has 1 aromatic carbocycles. The summed E-state index contributed by atoms with van der Waals surface area (Å²) < 4.78 is 38.5. The Morgan fingerprint density at radius 3 is 2.27 bits per heavy atom. The third-order valence-electron chi connectivity index (χ3n) is 2.92. The lowest BCUT2D eigenvalue weighted by molar-refractivity contribution is 0.0223. The van der Waals surface area contributed by atoms with Crippen molar-refractivity contribution in [3.8, 4) is 5.75 Å². The molecule has 0 amide bonds. The molecule has 7 nitrogen and oxygen atoms in total.